The number of thioether (sulfide) groups is 1. The lowest BCUT2D eigenvalue weighted by atomic mass is 9.88. The van der Waals surface area contributed by atoms with E-state index in [1.165, 1.54) is 57.9 Å². The lowest BCUT2D eigenvalue weighted by Gasteiger charge is -2.37. The highest BCUT2D eigenvalue weighted by Crippen LogP contribution is 2.39. The molecular formula is C14H27NS. The van der Waals surface area contributed by atoms with Crippen molar-refractivity contribution in [2.24, 2.45) is 5.92 Å². The van der Waals surface area contributed by atoms with Crippen LogP contribution in [-0.2, 0) is 0 Å². The summed E-state index contributed by atoms with van der Waals surface area (Å²) in [7, 11) is 0. The van der Waals surface area contributed by atoms with E-state index >= 15 is 0 Å². The smallest absolute Gasteiger partial charge is 0.0281 e. The first kappa shape index (κ1) is 12.8. The van der Waals surface area contributed by atoms with Crippen LogP contribution in [0.1, 0.15) is 58.3 Å². The highest BCUT2D eigenvalue weighted by atomic mass is 32.2. The molecular weight excluding hydrogens is 214 g/mol. The molecule has 1 N–H and O–H groups in total. The van der Waals surface area contributed by atoms with Crippen LogP contribution in [0.4, 0.5) is 0 Å². The van der Waals surface area contributed by atoms with Gasteiger partial charge in [-0.2, -0.15) is 11.8 Å². The van der Waals surface area contributed by atoms with Crippen molar-refractivity contribution in [2.45, 2.75) is 69.1 Å². The molecule has 0 aliphatic heterocycles. The quantitative estimate of drug-likeness (QED) is 0.758. The van der Waals surface area contributed by atoms with E-state index in [-0.39, 0.29) is 0 Å². The third-order valence-electron chi connectivity index (χ3n) is 4.52. The summed E-state index contributed by atoms with van der Waals surface area (Å²) in [6.07, 6.45) is 13.8. The van der Waals surface area contributed by atoms with Gasteiger partial charge in [-0.25, -0.2) is 0 Å². The summed E-state index contributed by atoms with van der Waals surface area (Å²) in [4.78, 5) is 0. The average molecular weight is 241 g/mol. The predicted octanol–water partition coefficient (Wildman–Crippen LogP) is 3.83. The van der Waals surface area contributed by atoms with Crippen LogP contribution in [0.5, 0.6) is 0 Å². The zero-order valence-electron chi connectivity index (χ0n) is 10.9. The monoisotopic (exact) mass is 241 g/mol. The highest BCUT2D eigenvalue weighted by molar-refractivity contribution is 8.00. The molecule has 0 heterocycles. The van der Waals surface area contributed by atoms with E-state index in [9.17, 15) is 0 Å². The molecule has 2 heteroatoms. The van der Waals surface area contributed by atoms with Crippen molar-refractivity contribution in [3.8, 4) is 0 Å². The largest absolute Gasteiger partial charge is 0.312 e. The number of rotatable bonds is 6. The molecule has 1 unspecified atom stereocenters. The molecule has 1 atom stereocenters. The summed E-state index contributed by atoms with van der Waals surface area (Å²) in [5, 5.41) is 3.87. The van der Waals surface area contributed by atoms with E-state index in [0.717, 1.165) is 12.0 Å². The van der Waals surface area contributed by atoms with Gasteiger partial charge in [0.25, 0.3) is 0 Å². The van der Waals surface area contributed by atoms with Crippen molar-refractivity contribution in [1.82, 2.24) is 5.32 Å². The van der Waals surface area contributed by atoms with Crippen LogP contribution in [0, 0.1) is 5.92 Å². The SMILES string of the molecule is CCC(NCC1(SC)CCCCC1)C1CC1. The van der Waals surface area contributed by atoms with Crippen LogP contribution in [0.15, 0.2) is 0 Å². The van der Waals surface area contributed by atoms with Crippen LogP contribution in [-0.4, -0.2) is 23.6 Å². The molecule has 1 nitrogen and oxygen atoms in total. The van der Waals surface area contributed by atoms with Crippen molar-refractivity contribution >= 4 is 11.8 Å². The first-order chi connectivity index (χ1) is 7.79. The summed E-state index contributed by atoms with van der Waals surface area (Å²) >= 11 is 2.12. The van der Waals surface area contributed by atoms with Gasteiger partial charge in [0, 0.05) is 17.3 Å². The van der Waals surface area contributed by atoms with Gasteiger partial charge in [0.2, 0.25) is 0 Å². The van der Waals surface area contributed by atoms with Crippen LogP contribution in [0.3, 0.4) is 0 Å². The molecule has 0 spiro atoms. The van der Waals surface area contributed by atoms with E-state index in [1.807, 2.05) is 0 Å². The zero-order chi connectivity index (χ0) is 11.4. The van der Waals surface area contributed by atoms with Crippen molar-refractivity contribution in [1.29, 1.82) is 0 Å². The molecule has 0 aromatic heterocycles. The number of hydrogen-bond acceptors (Lipinski definition) is 2. The van der Waals surface area contributed by atoms with Gasteiger partial charge < -0.3 is 5.32 Å². The maximum atomic E-state index is 3.87. The standard InChI is InChI=1S/C14H27NS/c1-3-13(12-7-8-12)15-11-14(16-2)9-5-4-6-10-14/h12-13,15H,3-11H2,1-2H3. The summed E-state index contributed by atoms with van der Waals surface area (Å²) in [5.74, 6) is 1.01. The second-order valence-corrected chi connectivity index (χ2v) is 6.96. The molecule has 0 aromatic rings. The fourth-order valence-electron chi connectivity index (χ4n) is 3.11. The molecule has 2 aliphatic rings. The highest BCUT2D eigenvalue weighted by Gasteiger charge is 2.34. The third kappa shape index (κ3) is 3.16. The Bertz CT molecular complexity index is 207. The minimum atomic E-state index is 0.570. The van der Waals surface area contributed by atoms with E-state index in [2.05, 4.69) is 30.3 Å². The maximum absolute atomic E-state index is 3.87. The van der Waals surface area contributed by atoms with Gasteiger partial charge in [0.1, 0.15) is 0 Å². The molecule has 0 amide bonds. The first-order valence-corrected chi connectivity index (χ1v) is 8.31. The molecule has 2 rings (SSSR count). The molecule has 0 saturated heterocycles. The molecule has 94 valence electrons. The third-order valence-corrected chi connectivity index (χ3v) is 5.93. The van der Waals surface area contributed by atoms with Gasteiger partial charge in [-0.15, -0.1) is 0 Å². The Balaban J connectivity index is 1.80. The van der Waals surface area contributed by atoms with Gasteiger partial charge >= 0.3 is 0 Å². The first-order valence-electron chi connectivity index (χ1n) is 7.08. The zero-order valence-corrected chi connectivity index (χ0v) is 11.7. The van der Waals surface area contributed by atoms with Gasteiger partial charge in [0.05, 0.1) is 0 Å². The van der Waals surface area contributed by atoms with Crippen LogP contribution < -0.4 is 5.32 Å². The molecule has 2 saturated carbocycles. The Kier molecular flexibility index (Phi) is 4.60. The van der Waals surface area contributed by atoms with E-state index in [4.69, 9.17) is 0 Å². The lowest BCUT2D eigenvalue weighted by Crippen LogP contribution is -2.44. The predicted molar refractivity (Wildman–Crippen MR) is 74.1 cm³/mol. The summed E-state index contributed by atoms with van der Waals surface area (Å²) in [6, 6.07) is 0.811. The van der Waals surface area contributed by atoms with Gasteiger partial charge in [-0.05, 0) is 44.3 Å². The average Bonchev–Trinajstić information content (AvgIpc) is 3.16. The van der Waals surface area contributed by atoms with E-state index < -0.39 is 0 Å². The van der Waals surface area contributed by atoms with Crippen LogP contribution >= 0.6 is 11.8 Å². The molecule has 16 heavy (non-hydrogen) atoms. The minimum absolute atomic E-state index is 0.570. The van der Waals surface area contributed by atoms with Gasteiger partial charge in [-0.3, -0.25) is 0 Å². The Hall–Kier alpha value is 0.310. The Morgan fingerprint density at radius 3 is 2.44 bits per heavy atom. The van der Waals surface area contributed by atoms with Crippen molar-refractivity contribution in [3.05, 3.63) is 0 Å². The Morgan fingerprint density at radius 1 is 1.25 bits per heavy atom. The van der Waals surface area contributed by atoms with Gasteiger partial charge in [0.15, 0.2) is 0 Å². The number of hydrogen-bond donors (Lipinski definition) is 1. The van der Waals surface area contributed by atoms with Crippen molar-refractivity contribution in [3.63, 3.8) is 0 Å². The summed E-state index contributed by atoms with van der Waals surface area (Å²) < 4.78 is 0.570. The Labute approximate surface area is 105 Å². The fraction of sp³-hybridized carbons (Fsp3) is 1.00. The van der Waals surface area contributed by atoms with Crippen LogP contribution in [0.2, 0.25) is 0 Å². The number of nitrogens with one attached hydrogen (secondary N) is 1. The minimum Gasteiger partial charge on any atom is -0.312 e. The molecule has 0 aromatic carbocycles. The second kappa shape index (κ2) is 5.77. The Morgan fingerprint density at radius 2 is 1.94 bits per heavy atom. The van der Waals surface area contributed by atoms with Crippen molar-refractivity contribution < 1.29 is 0 Å². The summed E-state index contributed by atoms with van der Waals surface area (Å²) in [6.45, 7) is 3.59. The molecule has 2 aliphatic carbocycles. The summed E-state index contributed by atoms with van der Waals surface area (Å²) in [5.41, 5.74) is 0. The second-order valence-electron chi connectivity index (χ2n) is 5.68. The van der Waals surface area contributed by atoms with Gasteiger partial charge in [-0.1, -0.05) is 26.2 Å². The van der Waals surface area contributed by atoms with Crippen molar-refractivity contribution in [2.75, 3.05) is 12.8 Å². The fourth-order valence-corrected chi connectivity index (χ4v) is 4.03. The normalized spacial score (nSPS) is 26.6. The van der Waals surface area contributed by atoms with Crippen LogP contribution in [0.25, 0.3) is 0 Å². The van der Waals surface area contributed by atoms with E-state index in [1.54, 1.807) is 0 Å². The maximum Gasteiger partial charge on any atom is 0.0281 e. The molecule has 0 bridgehead atoms. The molecule has 2 fully saturated rings. The topological polar surface area (TPSA) is 12.0 Å². The lowest BCUT2D eigenvalue weighted by molar-refractivity contribution is 0.346. The molecule has 0 radical (unpaired) electrons. The van der Waals surface area contributed by atoms with E-state index in [0.29, 0.717) is 4.75 Å².